The summed E-state index contributed by atoms with van der Waals surface area (Å²) in [5.41, 5.74) is 2.21. The van der Waals surface area contributed by atoms with Crippen molar-refractivity contribution in [1.29, 1.82) is 0 Å². The normalized spacial score (nSPS) is 12.9. The third-order valence-corrected chi connectivity index (χ3v) is 8.53. The zero-order valence-electron chi connectivity index (χ0n) is 23.6. The van der Waals surface area contributed by atoms with E-state index >= 15 is 0 Å². The van der Waals surface area contributed by atoms with Gasteiger partial charge in [0, 0.05) is 50.0 Å². The second kappa shape index (κ2) is 12.9. The summed E-state index contributed by atoms with van der Waals surface area (Å²) in [6, 6.07) is 1.88. The van der Waals surface area contributed by atoms with Crippen molar-refractivity contribution >= 4 is 25.5 Å². The number of aromatic amines is 1. The molecule has 3 aromatic heterocycles. The van der Waals surface area contributed by atoms with Gasteiger partial charge in [0.2, 0.25) is 0 Å². The first kappa shape index (κ1) is 29.8. The Labute approximate surface area is 230 Å². The van der Waals surface area contributed by atoms with Gasteiger partial charge < -0.3 is 19.8 Å². The van der Waals surface area contributed by atoms with E-state index in [2.05, 4.69) is 52.3 Å². The van der Waals surface area contributed by atoms with Crippen molar-refractivity contribution in [3.63, 3.8) is 0 Å². The number of H-pyrrole nitrogens is 1. The molecule has 0 saturated heterocycles. The maximum absolute atomic E-state index is 12.7. The molecule has 0 aliphatic heterocycles. The number of ether oxygens (including phenoxy) is 2. The number of nitrogens with zero attached hydrogens (tertiary/aromatic N) is 3. The van der Waals surface area contributed by atoms with Crippen molar-refractivity contribution in [1.82, 2.24) is 25.1 Å². The molecule has 3 aromatic rings. The smallest absolute Gasteiger partial charge is 0.408 e. The molecule has 0 aromatic carbocycles. The number of thiophene rings is 1. The lowest BCUT2D eigenvalue weighted by molar-refractivity contribution is 0.0501. The quantitative estimate of drug-likeness (QED) is 0.215. The molecule has 11 heteroatoms. The number of carbonyl (C=O) groups is 1. The Morgan fingerprint density at radius 1 is 1.29 bits per heavy atom. The van der Waals surface area contributed by atoms with E-state index in [4.69, 9.17) is 9.47 Å². The Kier molecular flexibility index (Phi) is 10.1. The molecule has 9 nitrogen and oxygen atoms in total. The Morgan fingerprint density at radius 3 is 2.71 bits per heavy atom. The van der Waals surface area contributed by atoms with Crippen molar-refractivity contribution in [2.75, 3.05) is 6.61 Å². The van der Waals surface area contributed by atoms with Gasteiger partial charge in [-0.05, 0) is 49.7 Å². The van der Waals surface area contributed by atoms with Crippen LogP contribution >= 0.6 is 11.3 Å². The number of hydrogen-bond donors (Lipinski definition) is 2. The van der Waals surface area contributed by atoms with E-state index in [0.717, 1.165) is 42.2 Å². The van der Waals surface area contributed by atoms with Gasteiger partial charge >= 0.3 is 6.09 Å². The molecule has 0 bridgehead atoms. The number of rotatable bonds is 12. The van der Waals surface area contributed by atoms with Gasteiger partial charge in [0.25, 0.3) is 5.56 Å². The highest BCUT2D eigenvalue weighted by atomic mass is 32.1. The molecule has 0 aliphatic carbocycles. The van der Waals surface area contributed by atoms with Gasteiger partial charge in [0.1, 0.15) is 18.2 Å². The number of hydrogen-bond acceptors (Lipinski definition) is 7. The minimum atomic E-state index is -1.15. The number of amides is 1. The van der Waals surface area contributed by atoms with Crippen molar-refractivity contribution in [2.24, 2.45) is 0 Å². The largest absolute Gasteiger partial charge is 0.444 e. The summed E-state index contributed by atoms with van der Waals surface area (Å²) in [6.45, 7) is 15.7. The lowest BCUT2D eigenvalue weighted by atomic mass is 9.97. The number of nitrogens with one attached hydrogen (secondary N) is 2. The van der Waals surface area contributed by atoms with Crippen molar-refractivity contribution in [3.8, 4) is 11.1 Å². The summed E-state index contributed by atoms with van der Waals surface area (Å²) in [5, 5.41) is 9.59. The van der Waals surface area contributed by atoms with Crippen LogP contribution in [0.3, 0.4) is 0 Å². The minimum absolute atomic E-state index is 0.277. The van der Waals surface area contributed by atoms with Crippen LogP contribution in [0.5, 0.6) is 0 Å². The van der Waals surface area contributed by atoms with E-state index in [1.807, 2.05) is 37.8 Å². The number of alkyl carbamates (subject to hydrolysis) is 1. The number of aryl methyl sites for hydroxylation is 1. The predicted octanol–water partition coefficient (Wildman–Crippen LogP) is 5.77. The zero-order valence-corrected chi connectivity index (χ0v) is 25.4. The van der Waals surface area contributed by atoms with Crippen LogP contribution in [0.25, 0.3) is 11.1 Å². The average Bonchev–Trinajstić information content (AvgIpc) is 3.42. The van der Waals surface area contributed by atoms with E-state index in [1.165, 1.54) is 17.1 Å². The summed E-state index contributed by atoms with van der Waals surface area (Å²) in [7, 11) is -1.15. The minimum Gasteiger partial charge on any atom is -0.444 e. The second-order valence-corrected chi connectivity index (χ2v) is 18.2. The Bertz CT molecular complexity index is 1260. The summed E-state index contributed by atoms with van der Waals surface area (Å²) < 4.78 is 13.2. The Morgan fingerprint density at radius 2 is 2.05 bits per heavy atom. The van der Waals surface area contributed by atoms with E-state index in [-0.39, 0.29) is 5.56 Å². The van der Waals surface area contributed by atoms with Gasteiger partial charge in [-0.25, -0.2) is 14.5 Å². The molecule has 1 amide bonds. The molecule has 2 N–H and O–H groups in total. The van der Waals surface area contributed by atoms with Gasteiger partial charge in [-0.15, -0.1) is 11.3 Å². The lowest BCUT2D eigenvalue weighted by Gasteiger charge is -2.23. The molecule has 1 atom stereocenters. The molecular formula is C27H41N5O4SSi. The molecular weight excluding hydrogens is 518 g/mol. The number of aromatic nitrogens is 4. The molecule has 0 fully saturated rings. The third kappa shape index (κ3) is 9.21. The van der Waals surface area contributed by atoms with Crippen molar-refractivity contribution in [2.45, 2.75) is 91.0 Å². The first-order valence-electron chi connectivity index (χ1n) is 13.1. The predicted molar refractivity (Wildman–Crippen MR) is 154 cm³/mol. The summed E-state index contributed by atoms with van der Waals surface area (Å²) >= 11 is 1.70. The molecule has 1 unspecified atom stereocenters. The molecule has 0 radical (unpaired) electrons. The van der Waals surface area contributed by atoms with Crippen LogP contribution in [0.2, 0.25) is 25.7 Å². The van der Waals surface area contributed by atoms with E-state index in [1.54, 1.807) is 11.3 Å². The molecule has 0 spiro atoms. The molecule has 0 aliphatic rings. The van der Waals surface area contributed by atoms with Gasteiger partial charge in [-0.1, -0.05) is 33.0 Å². The van der Waals surface area contributed by atoms with Gasteiger partial charge in [-0.3, -0.25) is 4.79 Å². The summed E-state index contributed by atoms with van der Waals surface area (Å²) in [5.74, 6) is 0.384. The topological polar surface area (TPSA) is 111 Å². The van der Waals surface area contributed by atoms with Gasteiger partial charge in [0.05, 0.1) is 12.2 Å². The maximum atomic E-state index is 12.7. The molecule has 38 heavy (non-hydrogen) atoms. The SMILES string of the molecule is CCCc1scc(-c2cnn(COCC[Si](C)(C)C)c2)c1CC(NC(=O)OC(C)(C)C)c1nccc(=O)[nH]1. The van der Waals surface area contributed by atoms with Crippen LogP contribution in [-0.2, 0) is 29.0 Å². The fraction of sp³-hybridized carbons (Fsp3) is 0.556. The van der Waals surface area contributed by atoms with Crippen LogP contribution in [0.15, 0.2) is 34.8 Å². The first-order valence-corrected chi connectivity index (χ1v) is 17.7. The zero-order chi connectivity index (χ0) is 27.9. The average molecular weight is 560 g/mol. The summed E-state index contributed by atoms with van der Waals surface area (Å²) in [4.78, 5) is 33.2. The van der Waals surface area contributed by atoms with Crippen LogP contribution in [-0.4, -0.2) is 46.1 Å². The second-order valence-electron chi connectivity index (χ2n) is 11.6. The van der Waals surface area contributed by atoms with Crippen LogP contribution in [0.4, 0.5) is 4.79 Å². The molecule has 208 valence electrons. The fourth-order valence-corrected chi connectivity index (χ4v) is 5.82. The maximum Gasteiger partial charge on any atom is 0.408 e. The lowest BCUT2D eigenvalue weighted by Crippen LogP contribution is -2.37. The van der Waals surface area contributed by atoms with E-state index < -0.39 is 25.8 Å². The van der Waals surface area contributed by atoms with Gasteiger partial charge in [0.15, 0.2) is 0 Å². The Hall–Kier alpha value is -2.76. The van der Waals surface area contributed by atoms with Crippen LogP contribution in [0.1, 0.15) is 56.4 Å². The van der Waals surface area contributed by atoms with Crippen LogP contribution in [0, 0.1) is 0 Å². The van der Waals surface area contributed by atoms with Crippen molar-refractivity contribution in [3.05, 3.63) is 56.7 Å². The highest BCUT2D eigenvalue weighted by Crippen LogP contribution is 2.35. The highest BCUT2D eigenvalue weighted by molar-refractivity contribution is 7.10. The summed E-state index contributed by atoms with van der Waals surface area (Å²) in [6.07, 6.45) is 7.07. The Balaban J connectivity index is 1.87. The molecule has 3 rings (SSSR count). The van der Waals surface area contributed by atoms with E-state index in [9.17, 15) is 9.59 Å². The molecule has 0 saturated carbocycles. The van der Waals surface area contributed by atoms with Crippen molar-refractivity contribution < 1.29 is 14.3 Å². The third-order valence-electron chi connectivity index (χ3n) is 5.74. The first-order chi connectivity index (χ1) is 17.8. The van der Waals surface area contributed by atoms with E-state index in [0.29, 0.717) is 19.0 Å². The van der Waals surface area contributed by atoms with Crippen LogP contribution < -0.4 is 10.9 Å². The molecule has 3 heterocycles. The standard InChI is InChI=1S/C27H41N5O4SSi/c1-8-9-23-20(14-22(25-28-11-10-24(33)31-25)30-26(34)36-27(2,3)4)21(17-37-23)19-15-29-32(16-19)18-35-12-13-38(5,6)7/h10-11,15-17,22H,8-9,12-14,18H2,1-7H3,(H,30,34)(H,28,31,33). The number of carbonyl (C=O) groups excluding carboxylic acids is 1. The highest BCUT2D eigenvalue weighted by Gasteiger charge is 2.25. The monoisotopic (exact) mass is 559 g/mol. The van der Waals surface area contributed by atoms with Gasteiger partial charge in [-0.2, -0.15) is 5.10 Å². The fourth-order valence-electron chi connectivity index (χ4n) is 3.87.